The Bertz CT molecular complexity index is 565. The van der Waals surface area contributed by atoms with E-state index < -0.39 is 6.17 Å². The van der Waals surface area contributed by atoms with Gasteiger partial charge in [0.2, 0.25) is 0 Å². The van der Waals surface area contributed by atoms with Gasteiger partial charge in [-0.15, -0.1) is 0 Å². The number of rotatable bonds is 7. The Labute approximate surface area is 142 Å². The molecule has 0 bridgehead atoms. The molecule has 0 unspecified atom stereocenters. The van der Waals surface area contributed by atoms with Crippen molar-refractivity contribution in [1.29, 1.82) is 0 Å². The fourth-order valence-electron chi connectivity index (χ4n) is 3.70. The second-order valence-electron chi connectivity index (χ2n) is 7.07. The van der Waals surface area contributed by atoms with Gasteiger partial charge in [-0.3, -0.25) is 14.4 Å². The molecule has 0 amide bonds. The summed E-state index contributed by atoms with van der Waals surface area (Å²) in [4.78, 5) is 16.0. The van der Waals surface area contributed by atoms with Crippen LogP contribution in [-0.2, 0) is 23.1 Å². The van der Waals surface area contributed by atoms with Gasteiger partial charge < -0.3 is 9.64 Å². The van der Waals surface area contributed by atoms with Crippen molar-refractivity contribution >= 4 is 5.97 Å². The second-order valence-corrected chi connectivity index (χ2v) is 7.07. The normalized spacial score (nSPS) is 28.0. The minimum Gasteiger partial charge on any atom is -0.465 e. The van der Waals surface area contributed by atoms with Gasteiger partial charge in [0.15, 0.2) is 0 Å². The number of cyclic esters (lactones) is 1. The molecule has 7 heteroatoms. The summed E-state index contributed by atoms with van der Waals surface area (Å²) in [6.45, 7) is 3.42. The predicted molar refractivity (Wildman–Crippen MR) is 88.1 cm³/mol. The number of hydrogen-bond donors (Lipinski definition) is 0. The third kappa shape index (κ3) is 4.13. The molecule has 2 saturated heterocycles. The van der Waals surface area contributed by atoms with Crippen molar-refractivity contribution in [2.45, 2.75) is 38.0 Å². The number of carbonyl (C=O) groups is 1. The zero-order valence-corrected chi connectivity index (χ0v) is 14.5. The first-order valence-corrected chi connectivity index (χ1v) is 8.73. The highest BCUT2D eigenvalue weighted by atomic mass is 19.1. The van der Waals surface area contributed by atoms with Crippen LogP contribution in [0.1, 0.15) is 25.0 Å². The molecule has 3 heterocycles. The monoisotopic (exact) mass is 338 g/mol. The van der Waals surface area contributed by atoms with Crippen molar-refractivity contribution in [3.05, 3.63) is 18.0 Å². The topological polar surface area (TPSA) is 50.6 Å². The van der Waals surface area contributed by atoms with Crippen molar-refractivity contribution in [3.8, 4) is 0 Å². The molecule has 24 heavy (non-hydrogen) atoms. The summed E-state index contributed by atoms with van der Waals surface area (Å²) in [5.41, 5.74) is 1.10. The van der Waals surface area contributed by atoms with E-state index >= 15 is 0 Å². The first-order valence-electron chi connectivity index (χ1n) is 8.73. The molecule has 3 rings (SSSR count). The van der Waals surface area contributed by atoms with Crippen LogP contribution in [0.25, 0.3) is 0 Å². The van der Waals surface area contributed by atoms with Gasteiger partial charge in [0, 0.05) is 38.9 Å². The van der Waals surface area contributed by atoms with E-state index in [0.29, 0.717) is 19.6 Å². The molecular formula is C17H27FN4O2. The number of hydrogen-bond acceptors (Lipinski definition) is 5. The Hall–Kier alpha value is -1.47. The summed E-state index contributed by atoms with van der Waals surface area (Å²) in [5.74, 6) is -0.0265. The van der Waals surface area contributed by atoms with Crippen molar-refractivity contribution in [1.82, 2.24) is 19.6 Å². The summed E-state index contributed by atoms with van der Waals surface area (Å²) < 4.78 is 20.8. The van der Waals surface area contributed by atoms with Crippen molar-refractivity contribution in [2.75, 3.05) is 33.3 Å². The lowest BCUT2D eigenvalue weighted by Gasteiger charge is -2.28. The molecule has 134 valence electrons. The van der Waals surface area contributed by atoms with E-state index in [9.17, 15) is 9.18 Å². The fourth-order valence-corrected chi connectivity index (χ4v) is 3.70. The number of alkyl halides is 1. The van der Waals surface area contributed by atoms with Crippen molar-refractivity contribution in [3.63, 3.8) is 0 Å². The number of likely N-dealkylation sites (N-methyl/N-ethyl adjacent to an activating group) is 1. The number of ether oxygens (including phenoxy) is 1. The smallest absolute Gasteiger partial charge is 0.309 e. The number of halogens is 1. The van der Waals surface area contributed by atoms with Crippen LogP contribution in [-0.4, -0.2) is 71.1 Å². The minimum absolute atomic E-state index is 0.0375. The molecule has 0 saturated carbocycles. The fraction of sp³-hybridized carbons (Fsp3) is 0.765. The first-order chi connectivity index (χ1) is 11.5. The van der Waals surface area contributed by atoms with Gasteiger partial charge in [0.25, 0.3) is 0 Å². The third-order valence-electron chi connectivity index (χ3n) is 5.19. The lowest BCUT2D eigenvalue weighted by molar-refractivity contribution is -0.141. The van der Waals surface area contributed by atoms with Gasteiger partial charge in [-0.2, -0.15) is 5.10 Å². The molecule has 2 aliphatic heterocycles. The molecule has 0 radical (unpaired) electrons. The number of carbonyl (C=O) groups excluding carboxylic acids is 1. The Kier molecular flexibility index (Phi) is 5.50. The van der Waals surface area contributed by atoms with Crippen LogP contribution in [0.3, 0.4) is 0 Å². The molecule has 0 spiro atoms. The van der Waals surface area contributed by atoms with Crippen LogP contribution >= 0.6 is 0 Å². The van der Waals surface area contributed by atoms with E-state index in [4.69, 9.17) is 4.74 Å². The molecule has 2 fully saturated rings. The lowest BCUT2D eigenvalue weighted by Crippen LogP contribution is -2.39. The molecule has 6 nitrogen and oxygen atoms in total. The zero-order chi connectivity index (χ0) is 17.1. The molecule has 0 aliphatic carbocycles. The van der Waals surface area contributed by atoms with Gasteiger partial charge >= 0.3 is 5.97 Å². The lowest BCUT2D eigenvalue weighted by atomic mass is 10.0. The maximum absolute atomic E-state index is 13.9. The van der Waals surface area contributed by atoms with E-state index in [2.05, 4.69) is 14.9 Å². The SMILES string of the molecule is CN(CC[C@@H]1CCOC1=O)C[C@@H]1C[C@H](F)CN1Cc1ccnn1C. The number of nitrogens with zero attached hydrogens (tertiary/aromatic N) is 4. The van der Waals surface area contributed by atoms with Crippen LogP contribution in [0.15, 0.2) is 12.3 Å². The summed E-state index contributed by atoms with van der Waals surface area (Å²) in [6, 6.07) is 2.19. The highest BCUT2D eigenvalue weighted by Gasteiger charge is 2.33. The quantitative estimate of drug-likeness (QED) is 0.700. The van der Waals surface area contributed by atoms with Gasteiger partial charge in [0.05, 0.1) is 18.2 Å². The standard InChI is InChI=1S/C17H27FN4O2/c1-20(7-4-13-5-8-24-17(13)23)11-16-9-14(18)10-22(16)12-15-3-6-19-21(15)2/h3,6,13-14,16H,4-5,7-12H2,1-2H3/t13-,14+,16+/m1/s1. The average Bonchev–Trinajstić information content (AvgIpc) is 3.21. The van der Waals surface area contributed by atoms with Gasteiger partial charge in [0.1, 0.15) is 6.17 Å². The predicted octanol–water partition coefficient (Wildman–Crippen LogP) is 1.22. The van der Waals surface area contributed by atoms with E-state index in [1.807, 2.05) is 24.8 Å². The van der Waals surface area contributed by atoms with Crippen LogP contribution in [0, 0.1) is 5.92 Å². The number of aromatic nitrogens is 2. The molecule has 0 aromatic carbocycles. The highest BCUT2D eigenvalue weighted by Crippen LogP contribution is 2.24. The van der Waals surface area contributed by atoms with Gasteiger partial charge in [-0.25, -0.2) is 4.39 Å². The van der Waals surface area contributed by atoms with E-state index in [1.165, 1.54) is 0 Å². The van der Waals surface area contributed by atoms with Gasteiger partial charge in [-0.05, 0) is 38.9 Å². The Balaban J connectivity index is 1.50. The minimum atomic E-state index is -0.763. The van der Waals surface area contributed by atoms with Crippen LogP contribution < -0.4 is 0 Å². The zero-order valence-electron chi connectivity index (χ0n) is 14.5. The average molecular weight is 338 g/mol. The molecule has 0 N–H and O–H groups in total. The summed E-state index contributed by atoms with van der Waals surface area (Å²) in [7, 11) is 3.97. The first kappa shape index (κ1) is 17.4. The third-order valence-corrected chi connectivity index (χ3v) is 5.19. The molecule has 1 aromatic heterocycles. The van der Waals surface area contributed by atoms with Crippen LogP contribution in [0.4, 0.5) is 4.39 Å². The number of likely N-dealkylation sites (tertiary alicyclic amines) is 1. The second kappa shape index (κ2) is 7.61. The Morgan fingerprint density at radius 2 is 2.33 bits per heavy atom. The Morgan fingerprint density at radius 1 is 1.50 bits per heavy atom. The van der Waals surface area contributed by atoms with E-state index in [1.54, 1.807) is 6.20 Å². The summed E-state index contributed by atoms with van der Waals surface area (Å²) in [5, 5.41) is 4.19. The van der Waals surface area contributed by atoms with Crippen LogP contribution in [0.2, 0.25) is 0 Å². The van der Waals surface area contributed by atoms with Crippen molar-refractivity contribution in [2.24, 2.45) is 13.0 Å². The van der Waals surface area contributed by atoms with Crippen LogP contribution in [0.5, 0.6) is 0 Å². The number of aryl methyl sites for hydroxylation is 1. The molecule has 1 aromatic rings. The van der Waals surface area contributed by atoms with E-state index in [-0.39, 0.29) is 17.9 Å². The van der Waals surface area contributed by atoms with Gasteiger partial charge in [-0.1, -0.05) is 0 Å². The van der Waals surface area contributed by atoms with E-state index in [0.717, 1.165) is 38.2 Å². The molecular weight excluding hydrogens is 311 g/mol. The molecule has 2 aliphatic rings. The van der Waals surface area contributed by atoms with Crippen molar-refractivity contribution < 1.29 is 13.9 Å². The maximum Gasteiger partial charge on any atom is 0.309 e. The summed E-state index contributed by atoms with van der Waals surface area (Å²) >= 11 is 0. The molecule has 3 atom stereocenters. The largest absolute Gasteiger partial charge is 0.465 e. The maximum atomic E-state index is 13.9. The number of esters is 1. The highest BCUT2D eigenvalue weighted by molar-refractivity contribution is 5.74. The Morgan fingerprint density at radius 3 is 3.00 bits per heavy atom. The summed E-state index contributed by atoms with van der Waals surface area (Å²) in [6.07, 6.45) is 3.24.